The Morgan fingerprint density at radius 1 is 1.35 bits per heavy atom. The van der Waals surface area contributed by atoms with E-state index in [1.807, 2.05) is 6.07 Å². The van der Waals surface area contributed by atoms with E-state index in [-0.39, 0.29) is 17.4 Å². The molecule has 1 aromatic carbocycles. The third-order valence-electron chi connectivity index (χ3n) is 4.71. The maximum absolute atomic E-state index is 12.5. The highest BCUT2D eigenvalue weighted by Gasteiger charge is 2.28. The van der Waals surface area contributed by atoms with Crippen molar-refractivity contribution in [3.05, 3.63) is 35.4 Å². The van der Waals surface area contributed by atoms with E-state index in [4.69, 9.17) is 5.73 Å². The molecule has 1 aromatic rings. The summed E-state index contributed by atoms with van der Waals surface area (Å²) in [4.78, 5) is 12.5. The molecule has 3 N–H and O–H groups in total. The fourth-order valence-corrected chi connectivity index (χ4v) is 2.91. The number of fused-ring (bicyclic) bond motifs is 1. The molecule has 1 atom stereocenters. The van der Waals surface area contributed by atoms with E-state index in [2.05, 4.69) is 37.4 Å². The molecule has 110 valence electrons. The SMILES string of the molecule is CCC(N)(CC)CNC(=O)C1CCCc2ccccc21. The van der Waals surface area contributed by atoms with Crippen LogP contribution in [0.5, 0.6) is 0 Å². The first-order chi connectivity index (χ1) is 9.59. The molecule has 0 saturated carbocycles. The molecule has 0 heterocycles. The lowest BCUT2D eigenvalue weighted by Crippen LogP contribution is -2.50. The smallest absolute Gasteiger partial charge is 0.227 e. The monoisotopic (exact) mass is 274 g/mol. The highest BCUT2D eigenvalue weighted by Crippen LogP contribution is 2.31. The predicted octanol–water partition coefficient (Wildman–Crippen LogP) is 2.74. The molecule has 0 bridgehead atoms. The van der Waals surface area contributed by atoms with Crippen LogP contribution in [-0.4, -0.2) is 18.0 Å². The van der Waals surface area contributed by atoms with Gasteiger partial charge in [0.25, 0.3) is 0 Å². The molecule has 3 nitrogen and oxygen atoms in total. The van der Waals surface area contributed by atoms with E-state index in [0.29, 0.717) is 6.54 Å². The number of nitrogens with one attached hydrogen (secondary N) is 1. The van der Waals surface area contributed by atoms with Crippen LogP contribution in [0.15, 0.2) is 24.3 Å². The summed E-state index contributed by atoms with van der Waals surface area (Å²) in [5.41, 5.74) is 8.50. The van der Waals surface area contributed by atoms with Gasteiger partial charge in [-0.1, -0.05) is 38.1 Å². The van der Waals surface area contributed by atoms with E-state index < -0.39 is 0 Å². The molecule has 1 aliphatic carbocycles. The van der Waals surface area contributed by atoms with E-state index in [1.54, 1.807) is 0 Å². The minimum atomic E-state index is -0.274. The van der Waals surface area contributed by atoms with E-state index >= 15 is 0 Å². The number of benzene rings is 1. The summed E-state index contributed by atoms with van der Waals surface area (Å²) in [6.45, 7) is 4.72. The van der Waals surface area contributed by atoms with Crippen molar-refractivity contribution in [3.8, 4) is 0 Å². The van der Waals surface area contributed by atoms with Gasteiger partial charge in [0, 0.05) is 12.1 Å². The van der Waals surface area contributed by atoms with Gasteiger partial charge in [0.2, 0.25) is 5.91 Å². The molecule has 1 aliphatic rings. The van der Waals surface area contributed by atoms with Crippen molar-refractivity contribution < 1.29 is 4.79 Å². The molecule has 0 saturated heterocycles. The predicted molar refractivity (Wildman–Crippen MR) is 82.6 cm³/mol. The molecule has 0 radical (unpaired) electrons. The Morgan fingerprint density at radius 3 is 2.75 bits per heavy atom. The van der Waals surface area contributed by atoms with Gasteiger partial charge in [-0.2, -0.15) is 0 Å². The largest absolute Gasteiger partial charge is 0.354 e. The molecule has 1 amide bonds. The summed E-state index contributed by atoms with van der Waals surface area (Å²) in [6.07, 6.45) is 4.88. The number of carbonyl (C=O) groups excluding carboxylic acids is 1. The van der Waals surface area contributed by atoms with E-state index in [0.717, 1.165) is 32.1 Å². The summed E-state index contributed by atoms with van der Waals surface area (Å²) < 4.78 is 0. The zero-order valence-electron chi connectivity index (χ0n) is 12.6. The zero-order valence-corrected chi connectivity index (χ0v) is 12.6. The molecule has 0 fully saturated rings. The van der Waals surface area contributed by atoms with Crippen LogP contribution in [0, 0.1) is 0 Å². The second kappa shape index (κ2) is 6.40. The molecule has 0 aromatic heterocycles. The Balaban J connectivity index is 2.04. The number of hydrogen-bond donors (Lipinski definition) is 2. The van der Waals surface area contributed by atoms with Crippen molar-refractivity contribution in [1.82, 2.24) is 5.32 Å². The Kier molecular flexibility index (Phi) is 4.81. The van der Waals surface area contributed by atoms with Gasteiger partial charge in [-0.25, -0.2) is 0 Å². The molecule has 2 rings (SSSR count). The summed E-state index contributed by atoms with van der Waals surface area (Å²) in [7, 11) is 0. The van der Waals surface area contributed by atoms with Gasteiger partial charge >= 0.3 is 0 Å². The molecule has 1 unspecified atom stereocenters. The molecule has 0 spiro atoms. The van der Waals surface area contributed by atoms with Crippen molar-refractivity contribution in [2.24, 2.45) is 5.73 Å². The average molecular weight is 274 g/mol. The van der Waals surface area contributed by atoms with Crippen LogP contribution in [-0.2, 0) is 11.2 Å². The third kappa shape index (κ3) is 3.21. The highest BCUT2D eigenvalue weighted by atomic mass is 16.1. The first kappa shape index (κ1) is 15.0. The van der Waals surface area contributed by atoms with E-state index in [1.165, 1.54) is 11.1 Å². The van der Waals surface area contributed by atoms with Gasteiger partial charge in [-0.3, -0.25) is 4.79 Å². The van der Waals surface area contributed by atoms with Crippen LogP contribution in [0.4, 0.5) is 0 Å². The Morgan fingerprint density at radius 2 is 2.05 bits per heavy atom. The first-order valence-electron chi connectivity index (χ1n) is 7.74. The normalized spacial score (nSPS) is 18.4. The lowest BCUT2D eigenvalue weighted by Gasteiger charge is -2.29. The second-order valence-electron chi connectivity index (χ2n) is 5.93. The second-order valence-corrected chi connectivity index (χ2v) is 5.93. The number of rotatable bonds is 5. The summed E-state index contributed by atoms with van der Waals surface area (Å²) in [5.74, 6) is 0.131. The van der Waals surface area contributed by atoms with Crippen LogP contribution in [0.3, 0.4) is 0 Å². The van der Waals surface area contributed by atoms with Crippen LogP contribution in [0.25, 0.3) is 0 Å². The van der Waals surface area contributed by atoms with Gasteiger partial charge in [-0.15, -0.1) is 0 Å². The maximum atomic E-state index is 12.5. The zero-order chi connectivity index (χ0) is 14.6. The topological polar surface area (TPSA) is 55.1 Å². The van der Waals surface area contributed by atoms with Gasteiger partial charge in [-0.05, 0) is 43.2 Å². The Hall–Kier alpha value is -1.35. The first-order valence-corrected chi connectivity index (χ1v) is 7.74. The highest BCUT2D eigenvalue weighted by molar-refractivity contribution is 5.84. The van der Waals surface area contributed by atoms with Gasteiger partial charge in [0.05, 0.1) is 5.92 Å². The molecular formula is C17H26N2O. The Bertz CT molecular complexity index is 466. The van der Waals surface area contributed by atoms with Crippen LogP contribution in [0.2, 0.25) is 0 Å². The third-order valence-corrected chi connectivity index (χ3v) is 4.71. The fourth-order valence-electron chi connectivity index (χ4n) is 2.91. The summed E-state index contributed by atoms with van der Waals surface area (Å²) >= 11 is 0. The Labute approximate surface area is 121 Å². The van der Waals surface area contributed by atoms with Crippen LogP contribution < -0.4 is 11.1 Å². The van der Waals surface area contributed by atoms with Gasteiger partial charge in [0.1, 0.15) is 0 Å². The lowest BCUT2D eigenvalue weighted by atomic mass is 9.82. The van der Waals surface area contributed by atoms with E-state index in [9.17, 15) is 4.79 Å². The number of hydrogen-bond acceptors (Lipinski definition) is 2. The minimum Gasteiger partial charge on any atom is -0.354 e. The molecule has 3 heteroatoms. The number of carbonyl (C=O) groups is 1. The number of amides is 1. The number of nitrogens with two attached hydrogens (primary N) is 1. The standard InChI is InChI=1S/C17H26N2O/c1-3-17(18,4-2)12-19-16(20)15-11-7-9-13-8-5-6-10-14(13)15/h5-6,8,10,15H,3-4,7,9,11-12,18H2,1-2H3,(H,19,20). The number of aryl methyl sites for hydroxylation is 1. The lowest BCUT2D eigenvalue weighted by molar-refractivity contribution is -0.123. The van der Waals surface area contributed by atoms with Crippen molar-refractivity contribution >= 4 is 5.91 Å². The van der Waals surface area contributed by atoms with Crippen molar-refractivity contribution in [1.29, 1.82) is 0 Å². The molecule has 0 aliphatic heterocycles. The van der Waals surface area contributed by atoms with Crippen molar-refractivity contribution in [2.75, 3.05) is 6.54 Å². The summed E-state index contributed by atoms with van der Waals surface area (Å²) in [5, 5.41) is 3.07. The van der Waals surface area contributed by atoms with Crippen molar-refractivity contribution in [3.63, 3.8) is 0 Å². The minimum absolute atomic E-state index is 0.00193. The quantitative estimate of drug-likeness (QED) is 0.867. The molecular weight excluding hydrogens is 248 g/mol. The average Bonchev–Trinajstić information content (AvgIpc) is 2.51. The van der Waals surface area contributed by atoms with Crippen LogP contribution >= 0.6 is 0 Å². The van der Waals surface area contributed by atoms with Gasteiger partial charge < -0.3 is 11.1 Å². The summed E-state index contributed by atoms with van der Waals surface area (Å²) in [6, 6.07) is 8.31. The molecule has 20 heavy (non-hydrogen) atoms. The maximum Gasteiger partial charge on any atom is 0.227 e. The van der Waals surface area contributed by atoms with Crippen molar-refractivity contribution in [2.45, 2.75) is 57.4 Å². The van der Waals surface area contributed by atoms with Gasteiger partial charge in [0.15, 0.2) is 0 Å². The van der Waals surface area contributed by atoms with Crippen LogP contribution in [0.1, 0.15) is 56.6 Å². The fraction of sp³-hybridized carbons (Fsp3) is 0.588.